The van der Waals surface area contributed by atoms with Crippen molar-refractivity contribution < 1.29 is 9.90 Å². The van der Waals surface area contributed by atoms with E-state index in [4.69, 9.17) is 0 Å². The van der Waals surface area contributed by atoms with Gasteiger partial charge in [-0.1, -0.05) is 13.8 Å². The second-order valence-electron chi connectivity index (χ2n) is 4.77. The number of carbonyl (C=O) groups excluding carboxylic acids is 1. The van der Waals surface area contributed by atoms with Gasteiger partial charge in [-0.05, 0) is 58.1 Å². The third kappa shape index (κ3) is 2.99. The molecule has 5 heteroatoms. The number of aromatic nitrogens is 1. The van der Waals surface area contributed by atoms with Crippen LogP contribution in [0, 0.1) is 0 Å². The number of carbonyl (C=O) groups is 1. The molecule has 0 radical (unpaired) electrons. The summed E-state index contributed by atoms with van der Waals surface area (Å²) in [5, 5.41) is 12.8. The fourth-order valence-electron chi connectivity index (χ4n) is 2.52. The molecule has 0 unspecified atom stereocenters. The molecule has 0 aliphatic heterocycles. The molecule has 1 aromatic carbocycles. The zero-order chi connectivity index (χ0) is 16.3. The maximum absolute atomic E-state index is 12.6. The molecule has 2 aromatic rings. The Morgan fingerprint density at radius 2 is 1.86 bits per heavy atom. The number of anilines is 1. The van der Waals surface area contributed by atoms with Crippen LogP contribution in [0.2, 0.25) is 0 Å². The van der Waals surface area contributed by atoms with Gasteiger partial charge in [0.15, 0.2) is 0 Å². The summed E-state index contributed by atoms with van der Waals surface area (Å²) in [6.07, 6.45) is 3.09. The second kappa shape index (κ2) is 6.92. The molecule has 2 N–H and O–H groups in total. The Labute approximate surface area is 138 Å². The minimum atomic E-state index is -0.0866. The summed E-state index contributed by atoms with van der Waals surface area (Å²) in [6.45, 7) is 4.00. The zero-order valence-corrected chi connectivity index (χ0v) is 14.5. The van der Waals surface area contributed by atoms with E-state index in [1.54, 1.807) is 25.4 Å². The maximum atomic E-state index is 12.6. The van der Waals surface area contributed by atoms with Crippen LogP contribution in [0.1, 0.15) is 41.0 Å². The van der Waals surface area contributed by atoms with Crippen molar-refractivity contribution in [3.63, 3.8) is 0 Å². The van der Waals surface area contributed by atoms with Crippen molar-refractivity contribution in [3.8, 4) is 5.75 Å². The van der Waals surface area contributed by atoms with E-state index < -0.39 is 0 Å². The average Bonchev–Trinajstić information content (AvgIpc) is 2.66. The lowest BCUT2D eigenvalue weighted by Crippen LogP contribution is -2.07. The van der Waals surface area contributed by atoms with Crippen LogP contribution in [-0.2, 0) is 12.8 Å². The van der Waals surface area contributed by atoms with E-state index in [9.17, 15) is 9.90 Å². The van der Waals surface area contributed by atoms with Crippen LogP contribution in [-0.4, -0.2) is 22.9 Å². The predicted octanol–water partition coefficient (Wildman–Crippen LogP) is 3.95. The first-order valence-electron chi connectivity index (χ1n) is 7.33. The summed E-state index contributed by atoms with van der Waals surface area (Å²) in [5.74, 6) is 0.0793. The smallest absolute Gasteiger partial charge is 0.211 e. The summed E-state index contributed by atoms with van der Waals surface area (Å²) >= 11 is 3.38. The van der Waals surface area contributed by atoms with E-state index >= 15 is 0 Å². The van der Waals surface area contributed by atoms with E-state index in [0.717, 1.165) is 22.0 Å². The van der Waals surface area contributed by atoms with Gasteiger partial charge in [0.05, 0.1) is 5.69 Å². The van der Waals surface area contributed by atoms with E-state index in [2.05, 4.69) is 26.2 Å². The molecule has 0 fully saturated rings. The van der Waals surface area contributed by atoms with E-state index in [1.165, 1.54) is 0 Å². The van der Waals surface area contributed by atoms with Crippen LogP contribution in [0.15, 0.2) is 28.9 Å². The highest BCUT2D eigenvalue weighted by Crippen LogP contribution is 2.32. The predicted molar refractivity (Wildman–Crippen MR) is 91.8 cm³/mol. The van der Waals surface area contributed by atoms with Gasteiger partial charge >= 0.3 is 0 Å². The van der Waals surface area contributed by atoms with Crippen LogP contribution >= 0.6 is 15.9 Å². The largest absolute Gasteiger partial charge is 0.506 e. The number of nitrogens with zero attached hydrogens (tertiary/aromatic N) is 1. The summed E-state index contributed by atoms with van der Waals surface area (Å²) in [6, 6.07) is 5.30. The molecule has 0 spiro atoms. The lowest BCUT2D eigenvalue weighted by atomic mass is 10.00. The minimum Gasteiger partial charge on any atom is -0.506 e. The van der Waals surface area contributed by atoms with Gasteiger partial charge in [0.25, 0.3) is 0 Å². The summed E-state index contributed by atoms with van der Waals surface area (Å²) < 4.78 is 0.869. The topological polar surface area (TPSA) is 62.2 Å². The zero-order valence-electron chi connectivity index (χ0n) is 12.9. The monoisotopic (exact) mass is 362 g/mol. The highest BCUT2D eigenvalue weighted by atomic mass is 79.9. The highest BCUT2D eigenvalue weighted by Gasteiger charge is 2.24. The van der Waals surface area contributed by atoms with E-state index in [-0.39, 0.29) is 11.5 Å². The Hall–Kier alpha value is -1.88. The van der Waals surface area contributed by atoms with Crippen molar-refractivity contribution in [2.24, 2.45) is 0 Å². The van der Waals surface area contributed by atoms with Crippen LogP contribution in [0.4, 0.5) is 5.69 Å². The van der Waals surface area contributed by atoms with Crippen molar-refractivity contribution in [1.82, 2.24) is 4.98 Å². The van der Waals surface area contributed by atoms with Crippen molar-refractivity contribution in [2.45, 2.75) is 26.7 Å². The van der Waals surface area contributed by atoms with Gasteiger partial charge < -0.3 is 10.4 Å². The molecule has 1 heterocycles. The van der Waals surface area contributed by atoms with Gasteiger partial charge in [0.2, 0.25) is 5.78 Å². The molecule has 0 atom stereocenters. The van der Waals surface area contributed by atoms with Crippen LogP contribution < -0.4 is 5.32 Å². The number of hydrogen-bond acceptors (Lipinski definition) is 4. The SMILES string of the molecule is CC.CNc1cc2c(cc1O)CCc1cc(Br)cnc1C2=O. The molecule has 1 aromatic heterocycles. The standard InChI is InChI=1S/C15H13BrN2O2.C2H6/c1-17-12-6-11-8(5-13(12)19)2-3-9-4-10(16)7-18-14(9)15(11)20;1-2/h4-7,17,19H,2-3H2,1H3;1-2H3. The molecule has 0 bridgehead atoms. The Morgan fingerprint density at radius 3 is 2.55 bits per heavy atom. The Bertz CT molecular complexity index is 714. The molecule has 4 nitrogen and oxygen atoms in total. The molecule has 116 valence electrons. The van der Waals surface area contributed by atoms with E-state index in [1.807, 2.05) is 19.9 Å². The first kappa shape index (κ1) is 16.5. The number of nitrogens with one attached hydrogen (secondary N) is 1. The number of phenols is 1. The molecule has 1 aliphatic carbocycles. The third-order valence-corrected chi connectivity index (χ3v) is 3.98. The Balaban J connectivity index is 0.000000847. The van der Waals surface area contributed by atoms with Gasteiger partial charge in [-0.3, -0.25) is 9.78 Å². The normalized spacial score (nSPS) is 12.5. The van der Waals surface area contributed by atoms with Crippen molar-refractivity contribution >= 4 is 27.4 Å². The number of fused-ring (bicyclic) bond motifs is 2. The first-order valence-corrected chi connectivity index (χ1v) is 8.12. The van der Waals surface area contributed by atoms with Gasteiger partial charge in [0.1, 0.15) is 11.4 Å². The number of aromatic hydroxyl groups is 1. The number of hydrogen-bond donors (Lipinski definition) is 2. The lowest BCUT2D eigenvalue weighted by Gasteiger charge is -2.10. The number of rotatable bonds is 1. The second-order valence-corrected chi connectivity index (χ2v) is 5.68. The third-order valence-electron chi connectivity index (χ3n) is 3.55. The van der Waals surface area contributed by atoms with Gasteiger partial charge in [-0.15, -0.1) is 0 Å². The number of aryl methyl sites for hydroxylation is 2. The number of ketones is 1. The molecule has 0 amide bonds. The summed E-state index contributed by atoms with van der Waals surface area (Å²) in [4.78, 5) is 16.9. The minimum absolute atomic E-state index is 0.0866. The average molecular weight is 363 g/mol. The van der Waals surface area contributed by atoms with Crippen molar-refractivity contribution in [1.29, 1.82) is 0 Å². The highest BCUT2D eigenvalue weighted by molar-refractivity contribution is 9.10. The van der Waals surface area contributed by atoms with Crippen LogP contribution in [0.5, 0.6) is 5.75 Å². The number of benzene rings is 1. The number of pyridine rings is 1. The number of halogens is 1. The fourth-order valence-corrected chi connectivity index (χ4v) is 2.90. The van der Waals surface area contributed by atoms with Crippen LogP contribution in [0.3, 0.4) is 0 Å². The Kier molecular flexibility index (Phi) is 5.19. The summed E-state index contributed by atoms with van der Waals surface area (Å²) in [5.41, 5.74) is 3.46. The quantitative estimate of drug-likeness (QED) is 0.754. The lowest BCUT2D eigenvalue weighted by molar-refractivity contribution is 0.103. The molecular formula is C17H19BrN2O2. The molecule has 0 saturated heterocycles. The van der Waals surface area contributed by atoms with Gasteiger partial charge in [0, 0.05) is 23.3 Å². The maximum Gasteiger partial charge on any atom is 0.211 e. The molecule has 22 heavy (non-hydrogen) atoms. The fraction of sp³-hybridized carbons (Fsp3) is 0.294. The van der Waals surface area contributed by atoms with Crippen molar-refractivity contribution in [2.75, 3.05) is 12.4 Å². The Morgan fingerprint density at radius 1 is 1.18 bits per heavy atom. The van der Waals surface area contributed by atoms with Gasteiger partial charge in [-0.2, -0.15) is 0 Å². The first-order chi connectivity index (χ1) is 10.6. The van der Waals surface area contributed by atoms with Crippen LogP contribution in [0.25, 0.3) is 0 Å². The number of phenolic OH excluding ortho intramolecular Hbond substituents is 1. The molecule has 0 saturated carbocycles. The molecule has 3 rings (SSSR count). The van der Waals surface area contributed by atoms with Crippen molar-refractivity contribution in [3.05, 3.63) is 51.3 Å². The van der Waals surface area contributed by atoms with Gasteiger partial charge in [-0.25, -0.2) is 0 Å². The molecular weight excluding hydrogens is 344 g/mol. The van der Waals surface area contributed by atoms with E-state index in [0.29, 0.717) is 23.4 Å². The molecule has 1 aliphatic rings. The summed E-state index contributed by atoms with van der Waals surface area (Å²) in [7, 11) is 1.71.